The highest BCUT2D eigenvalue weighted by Gasteiger charge is 2.43. The number of amides is 2. The number of hydrogen-bond donors (Lipinski definition) is 1. The third kappa shape index (κ3) is 3.68. The van der Waals surface area contributed by atoms with Crippen LogP contribution < -0.4 is 5.32 Å². The van der Waals surface area contributed by atoms with Crippen molar-refractivity contribution in [1.82, 2.24) is 4.31 Å². The third-order valence-electron chi connectivity index (χ3n) is 4.50. The lowest BCUT2D eigenvalue weighted by Gasteiger charge is -2.17. The van der Waals surface area contributed by atoms with E-state index in [-0.39, 0.29) is 10.5 Å². The molecule has 0 radical (unpaired) electrons. The van der Waals surface area contributed by atoms with Crippen LogP contribution in [-0.2, 0) is 26.0 Å². The monoisotopic (exact) mass is 418 g/mol. The number of rotatable bonds is 5. The molecule has 1 aliphatic heterocycles. The van der Waals surface area contributed by atoms with Crippen molar-refractivity contribution in [2.24, 2.45) is 0 Å². The quantitative estimate of drug-likeness (QED) is 0.806. The van der Waals surface area contributed by atoms with Crippen LogP contribution in [0.25, 0.3) is 4.91 Å². The van der Waals surface area contributed by atoms with Gasteiger partial charge in [-0.15, -0.1) is 0 Å². The Kier molecular flexibility index (Phi) is 5.58. The second-order valence-corrected chi connectivity index (χ2v) is 8.56. The molecule has 1 N–H and O–H groups in total. The summed E-state index contributed by atoms with van der Waals surface area (Å²) in [5, 5.41) is 2.85. The van der Waals surface area contributed by atoms with E-state index in [4.69, 9.17) is 11.6 Å². The van der Waals surface area contributed by atoms with Gasteiger partial charge < -0.3 is 5.32 Å². The van der Waals surface area contributed by atoms with E-state index in [1.807, 2.05) is 19.1 Å². The number of para-hydroxylation sites is 1. The summed E-state index contributed by atoms with van der Waals surface area (Å²) in [5.41, 5.74) is 1.92. The van der Waals surface area contributed by atoms with E-state index in [0.717, 1.165) is 12.0 Å². The molecule has 2 aromatic rings. The lowest BCUT2D eigenvalue weighted by Crippen LogP contribution is -2.38. The number of carbonyl (C=O) groups excluding carboxylic acids is 2. The van der Waals surface area contributed by atoms with Gasteiger partial charge in [0.2, 0.25) is 5.91 Å². The van der Waals surface area contributed by atoms with Gasteiger partial charge in [0.15, 0.2) is 0 Å². The maximum absolute atomic E-state index is 13.0. The highest BCUT2D eigenvalue weighted by molar-refractivity contribution is 7.99. The Morgan fingerprint density at radius 2 is 1.75 bits per heavy atom. The maximum Gasteiger partial charge on any atom is 0.268 e. The first-order chi connectivity index (χ1) is 13.3. The minimum absolute atomic E-state index is 0.0642. The predicted molar refractivity (Wildman–Crippen MR) is 109 cm³/mol. The van der Waals surface area contributed by atoms with Crippen LogP contribution in [0.15, 0.2) is 54.1 Å². The summed E-state index contributed by atoms with van der Waals surface area (Å²) >= 11 is 6.00. The minimum Gasteiger partial charge on any atom is -0.323 e. The van der Waals surface area contributed by atoms with Crippen molar-refractivity contribution in [2.75, 3.05) is 11.9 Å². The molecule has 2 amide bonds. The average molecular weight is 419 g/mol. The molecule has 8 heteroatoms. The van der Waals surface area contributed by atoms with Crippen LogP contribution in [0.2, 0.25) is 5.02 Å². The van der Waals surface area contributed by atoms with Gasteiger partial charge in [0.25, 0.3) is 15.9 Å². The molecule has 146 valence electrons. The number of anilines is 1. The van der Waals surface area contributed by atoms with Gasteiger partial charge in [-0.25, -0.2) is 12.7 Å². The van der Waals surface area contributed by atoms with E-state index in [1.165, 1.54) is 6.92 Å². The molecule has 0 aliphatic carbocycles. The molecule has 0 unspecified atom stereocenters. The number of hydrogen-bond acceptors (Lipinski definition) is 4. The number of halogens is 1. The smallest absolute Gasteiger partial charge is 0.268 e. The molecule has 0 spiro atoms. The molecular formula is C20H19ClN2O4S. The van der Waals surface area contributed by atoms with Gasteiger partial charge in [-0.05, 0) is 36.6 Å². The van der Waals surface area contributed by atoms with Gasteiger partial charge in [-0.3, -0.25) is 9.59 Å². The second-order valence-electron chi connectivity index (χ2n) is 6.35. The first-order valence-electron chi connectivity index (χ1n) is 8.67. The molecule has 1 aliphatic rings. The molecule has 0 aromatic heterocycles. The van der Waals surface area contributed by atoms with Gasteiger partial charge in [0.05, 0.1) is 10.7 Å². The summed E-state index contributed by atoms with van der Waals surface area (Å²) in [7, 11) is -4.13. The Balaban J connectivity index is 1.85. The highest BCUT2D eigenvalue weighted by atomic mass is 35.5. The lowest BCUT2D eigenvalue weighted by molar-refractivity contribution is -0.126. The van der Waals surface area contributed by atoms with Crippen molar-refractivity contribution in [2.45, 2.75) is 20.3 Å². The normalized spacial score (nSPS) is 15.8. The van der Waals surface area contributed by atoms with E-state index in [1.54, 1.807) is 36.4 Å². The molecule has 2 aromatic carbocycles. The SMILES string of the molecule is CCc1ccc(C2=C(C)C(=O)N(CC(=O)Nc3ccccc3Cl)S2(=O)=O)cc1. The van der Waals surface area contributed by atoms with Crippen LogP contribution >= 0.6 is 11.6 Å². The summed E-state index contributed by atoms with van der Waals surface area (Å²) in [6.07, 6.45) is 0.818. The van der Waals surface area contributed by atoms with Gasteiger partial charge >= 0.3 is 0 Å². The molecule has 28 heavy (non-hydrogen) atoms. The third-order valence-corrected chi connectivity index (χ3v) is 6.76. The minimum atomic E-state index is -4.13. The fourth-order valence-electron chi connectivity index (χ4n) is 2.99. The first kappa shape index (κ1) is 20.1. The summed E-state index contributed by atoms with van der Waals surface area (Å²) in [5.74, 6) is -1.36. The Labute approximate surface area is 168 Å². The molecule has 0 saturated heterocycles. The number of benzene rings is 2. The van der Waals surface area contributed by atoms with Crippen molar-refractivity contribution in [1.29, 1.82) is 0 Å². The van der Waals surface area contributed by atoms with Crippen molar-refractivity contribution in [3.05, 3.63) is 70.3 Å². The van der Waals surface area contributed by atoms with Gasteiger partial charge in [0, 0.05) is 5.57 Å². The second kappa shape index (κ2) is 7.77. The fourth-order valence-corrected chi connectivity index (χ4v) is 4.95. The molecule has 0 saturated carbocycles. The Morgan fingerprint density at radius 3 is 2.36 bits per heavy atom. The number of aryl methyl sites for hydroxylation is 1. The van der Waals surface area contributed by atoms with Crippen molar-refractivity contribution in [3.8, 4) is 0 Å². The molecule has 0 bridgehead atoms. The standard InChI is InChI=1S/C20H19ClN2O4S/c1-3-14-8-10-15(11-9-14)19-13(2)20(25)23(28(19,26)27)12-18(24)22-17-7-5-4-6-16(17)21/h4-11H,3,12H2,1-2H3,(H,22,24). The number of nitrogens with zero attached hydrogens (tertiary/aromatic N) is 1. The summed E-state index contributed by atoms with van der Waals surface area (Å²) < 4.78 is 26.5. The lowest BCUT2D eigenvalue weighted by atomic mass is 10.1. The van der Waals surface area contributed by atoms with Crippen LogP contribution in [-0.4, -0.2) is 31.1 Å². The van der Waals surface area contributed by atoms with Crippen molar-refractivity contribution >= 4 is 44.0 Å². The van der Waals surface area contributed by atoms with E-state index in [0.29, 0.717) is 20.6 Å². The zero-order valence-electron chi connectivity index (χ0n) is 15.4. The van der Waals surface area contributed by atoms with E-state index >= 15 is 0 Å². The summed E-state index contributed by atoms with van der Waals surface area (Å²) in [6.45, 7) is 2.82. The highest BCUT2D eigenvalue weighted by Crippen LogP contribution is 2.35. The molecule has 1 heterocycles. The number of carbonyl (C=O) groups is 2. The van der Waals surface area contributed by atoms with Crippen molar-refractivity contribution in [3.63, 3.8) is 0 Å². The van der Waals surface area contributed by atoms with Crippen LogP contribution in [0.5, 0.6) is 0 Å². The van der Waals surface area contributed by atoms with Crippen LogP contribution in [0.4, 0.5) is 5.69 Å². The van der Waals surface area contributed by atoms with Gasteiger partial charge in [-0.1, -0.05) is 54.9 Å². The number of nitrogens with one attached hydrogen (secondary N) is 1. The Bertz CT molecular complexity index is 1080. The molecular weight excluding hydrogens is 400 g/mol. The molecule has 3 rings (SSSR count). The van der Waals surface area contributed by atoms with Crippen LogP contribution in [0, 0.1) is 0 Å². The average Bonchev–Trinajstić information content (AvgIpc) is 2.83. The molecule has 6 nitrogen and oxygen atoms in total. The van der Waals surface area contributed by atoms with Crippen molar-refractivity contribution < 1.29 is 18.0 Å². The Hall–Kier alpha value is -2.64. The van der Waals surface area contributed by atoms with E-state index < -0.39 is 28.4 Å². The summed E-state index contributed by atoms with van der Waals surface area (Å²) in [6, 6.07) is 13.6. The molecule has 0 fully saturated rings. The zero-order chi connectivity index (χ0) is 20.5. The van der Waals surface area contributed by atoms with Gasteiger partial charge in [-0.2, -0.15) is 0 Å². The van der Waals surface area contributed by atoms with E-state index in [9.17, 15) is 18.0 Å². The maximum atomic E-state index is 13.0. The molecule has 0 atom stereocenters. The predicted octanol–water partition coefficient (Wildman–Crippen LogP) is 3.44. The van der Waals surface area contributed by atoms with Crippen LogP contribution in [0.3, 0.4) is 0 Å². The van der Waals surface area contributed by atoms with Crippen LogP contribution in [0.1, 0.15) is 25.0 Å². The summed E-state index contributed by atoms with van der Waals surface area (Å²) in [4.78, 5) is 24.8. The first-order valence-corrected chi connectivity index (χ1v) is 10.5. The number of sulfonamides is 1. The Morgan fingerprint density at radius 1 is 1.11 bits per heavy atom. The topological polar surface area (TPSA) is 83.6 Å². The van der Waals surface area contributed by atoms with E-state index in [2.05, 4.69) is 5.32 Å². The van der Waals surface area contributed by atoms with Gasteiger partial charge in [0.1, 0.15) is 11.4 Å². The zero-order valence-corrected chi connectivity index (χ0v) is 17.0. The largest absolute Gasteiger partial charge is 0.323 e. The fraction of sp³-hybridized carbons (Fsp3) is 0.200.